The number of hydrogen-bond donors (Lipinski definition) is 2. The van der Waals surface area contributed by atoms with E-state index < -0.39 is 0 Å². The van der Waals surface area contributed by atoms with Crippen LogP contribution in [0.3, 0.4) is 0 Å². The minimum atomic E-state index is 0.0234. The molecule has 0 unspecified atom stereocenters. The highest BCUT2D eigenvalue weighted by atomic mass is 16.2. The van der Waals surface area contributed by atoms with Crippen LogP contribution < -0.4 is 10.6 Å². The van der Waals surface area contributed by atoms with E-state index in [4.69, 9.17) is 0 Å². The van der Waals surface area contributed by atoms with E-state index in [1.165, 1.54) is 0 Å². The van der Waals surface area contributed by atoms with Crippen LogP contribution in [0.15, 0.2) is 0 Å². The van der Waals surface area contributed by atoms with Crippen molar-refractivity contribution in [2.45, 2.75) is 46.0 Å². The highest BCUT2D eigenvalue weighted by molar-refractivity contribution is 5.76. The van der Waals surface area contributed by atoms with Gasteiger partial charge < -0.3 is 10.6 Å². The number of unbranched alkanes of at least 4 members (excludes halogenated alkanes) is 2. The van der Waals surface area contributed by atoms with Crippen molar-refractivity contribution in [3.63, 3.8) is 0 Å². The third kappa shape index (κ3) is 9.25. The Bertz CT molecular complexity index is 193. The quantitative estimate of drug-likeness (QED) is 0.597. The fourth-order valence-corrected chi connectivity index (χ4v) is 1.15. The summed E-state index contributed by atoms with van der Waals surface area (Å²) in [7, 11) is 0. The first-order valence-electron chi connectivity index (χ1n) is 5.74. The lowest BCUT2D eigenvalue weighted by Gasteiger charge is -2.05. The summed E-state index contributed by atoms with van der Waals surface area (Å²) >= 11 is 0. The number of hydrogen-bond acceptors (Lipinski definition) is 2. The number of carbonyl (C=O) groups excluding carboxylic acids is 2. The Kier molecular flexibility index (Phi) is 8.82. The maximum absolute atomic E-state index is 11.2. The van der Waals surface area contributed by atoms with Gasteiger partial charge in [0.2, 0.25) is 11.8 Å². The van der Waals surface area contributed by atoms with Crippen LogP contribution in [-0.4, -0.2) is 24.9 Å². The van der Waals surface area contributed by atoms with Crippen molar-refractivity contribution in [2.24, 2.45) is 0 Å². The molecule has 0 aliphatic rings. The zero-order valence-electron chi connectivity index (χ0n) is 9.77. The molecule has 4 nitrogen and oxygen atoms in total. The molecule has 0 fully saturated rings. The molecule has 0 atom stereocenters. The van der Waals surface area contributed by atoms with Crippen molar-refractivity contribution in [3.8, 4) is 0 Å². The normalized spacial score (nSPS) is 9.73. The molecule has 0 saturated heterocycles. The predicted octanol–water partition coefficient (Wildman–Crippen LogP) is 1.21. The molecule has 0 aromatic carbocycles. The maximum Gasteiger partial charge on any atom is 0.220 e. The first-order chi connectivity index (χ1) is 7.20. The van der Waals surface area contributed by atoms with Gasteiger partial charge in [-0.1, -0.05) is 26.7 Å². The van der Waals surface area contributed by atoms with Crippen LogP contribution in [-0.2, 0) is 9.59 Å². The molecule has 0 spiro atoms. The van der Waals surface area contributed by atoms with Gasteiger partial charge in [0.05, 0.1) is 0 Å². The first-order valence-corrected chi connectivity index (χ1v) is 5.74. The van der Waals surface area contributed by atoms with Crippen molar-refractivity contribution in [2.75, 3.05) is 13.1 Å². The SMILES string of the molecule is CCCCCC(=O)NCCNC(=O)CC. The second-order valence-corrected chi connectivity index (χ2v) is 3.51. The molecule has 0 aliphatic heterocycles. The summed E-state index contributed by atoms with van der Waals surface area (Å²) in [4.78, 5) is 22.1. The summed E-state index contributed by atoms with van der Waals surface area (Å²) in [5.74, 6) is 0.101. The van der Waals surface area contributed by atoms with Gasteiger partial charge in [0, 0.05) is 25.9 Å². The van der Waals surface area contributed by atoms with Gasteiger partial charge in [-0.3, -0.25) is 9.59 Å². The molecular weight excluding hydrogens is 192 g/mol. The van der Waals surface area contributed by atoms with Gasteiger partial charge in [-0.15, -0.1) is 0 Å². The molecule has 0 heterocycles. The summed E-state index contributed by atoms with van der Waals surface area (Å²) in [6, 6.07) is 0. The fraction of sp³-hybridized carbons (Fsp3) is 0.818. The van der Waals surface area contributed by atoms with Gasteiger partial charge in [0.25, 0.3) is 0 Å². The minimum absolute atomic E-state index is 0.0234. The average Bonchev–Trinajstić information content (AvgIpc) is 2.24. The Labute approximate surface area is 91.8 Å². The largest absolute Gasteiger partial charge is 0.354 e. The molecule has 2 N–H and O–H groups in total. The van der Waals surface area contributed by atoms with Crippen molar-refractivity contribution < 1.29 is 9.59 Å². The molecule has 0 rings (SSSR count). The standard InChI is InChI=1S/C11H22N2O2/c1-3-5-6-7-11(15)13-9-8-12-10(14)4-2/h3-9H2,1-2H3,(H,12,14)(H,13,15). The van der Waals surface area contributed by atoms with Crippen molar-refractivity contribution in [1.29, 1.82) is 0 Å². The fourth-order valence-electron chi connectivity index (χ4n) is 1.15. The van der Waals surface area contributed by atoms with E-state index >= 15 is 0 Å². The molecule has 0 aromatic heterocycles. The monoisotopic (exact) mass is 214 g/mol. The molecule has 15 heavy (non-hydrogen) atoms. The number of amides is 2. The lowest BCUT2D eigenvalue weighted by molar-refractivity contribution is -0.122. The number of carbonyl (C=O) groups is 2. The minimum Gasteiger partial charge on any atom is -0.354 e. The summed E-state index contributed by atoms with van der Waals surface area (Å²) in [5, 5.41) is 5.47. The molecule has 2 amide bonds. The smallest absolute Gasteiger partial charge is 0.220 e. The second kappa shape index (κ2) is 9.49. The van der Waals surface area contributed by atoms with Crippen molar-refractivity contribution in [1.82, 2.24) is 10.6 Å². The molecule has 0 aliphatic carbocycles. The zero-order valence-corrected chi connectivity index (χ0v) is 9.77. The topological polar surface area (TPSA) is 58.2 Å². The second-order valence-electron chi connectivity index (χ2n) is 3.51. The number of nitrogens with one attached hydrogen (secondary N) is 2. The van der Waals surface area contributed by atoms with Crippen LogP contribution in [0, 0.1) is 0 Å². The van der Waals surface area contributed by atoms with Crippen molar-refractivity contribution >= 4 is 11.8 Å². The van der Waals surface area contributed by atoms with E-state index in [0.29, 0.717) is 25.9 Å². The Balaban J connectivity index is 3.27. The molecule has 0 saturated carbocycles. The molecule has 0 aromatic rings. The number of rotatable bonds is 8. The van der Waals surface area contributed by atoms with Crippen molar-refractivity contribution in [3.05, 3.63) is 0 Å². The van der Waals surface area contributed by atoms with Gasteiger partial charge in [-0.05, 0) is 6.42 Å². The Hall–Kier alpha value is -1.06. The Morgan fingerprint density at radius 2 is 1.53 bits per heavy atom. The first kappa shape index (κ1) is 13.9. The van der Waals surface area contributed by atoms with Crippen LogP contribution in [0.2, 0.25) is 0 Å². The van der Waals surface area contributed by atoms with E-state index in [-0.39, 0.29) is 11.8 Å². The van der Waals surface area contributed by atoms with E-state index in [0.717, 1.165) is 19.3 Å². The Morgan fingerprint density at radius 1 is 0.933 bits per heavy atom. The highest BCUT2D eigenvalue weighted by Crippen LogP contribution is 1.97. The van der Waals surface area contributed by atoms with E-state index in [1.807, 2.05) is 0 Å². The third-order valence-corrected chi connectivity index (χ3v) is 2.10. The summed E-state index contributed by atoms with van der Waals surface area (Å²) < 4.78 is 0. The molecule has 88 valence electrons. The van der Waals surface area contributed by atoms with Gasteiger partial charge >= 0.3 is 0 Å². The maximum atomic E-state index is 11.2. The predicted molar refractivity (Wildman–Crippen MR) is 60.5 cm³/mol. The third-order valence-electron chi connectivity index (χ3n) is 2.10. The van der Waals surface area contributed by atoms with Gasteiger partial charge in [0.1, 0.15) is 0 Å². The molecule has 0 bridgehead atoms. The summed E-state index contributed by atoms with van der Waals surface area (Å²) in [6.07, 6.45) is 4.25. The van der Waals surface area contributed by atoms with E-state index in [2.05, 4.69) is 17.6 Å². The Morgan fingerprint density at radius 3 is 2.07 bits per heavy atom. The molecular formula is C11H22N2O2. The summed E-state index contributed by atoms with van der Waals surface area (Å²) in [5.41, 5.74) is 0. The van der Waals surface area contributed by atoms with Crippen LogP contribution in [0.25, 0.3) is 0 Å². The van der Waals surface area contributed by atoms with Gasteiger partial charge in [0.15, 0.2) is 0 Å². The summed E-state index contributed by atoms with van der Waals surface area (Å²) in [6.45, 7) is 4.96. The van der Waals surface area contributed by atoms with Crippen LogP contribution in [0.5, 0.6) is 0 Å². The van der Waals surface area contributed by atoms with Crippen LogP contribution >= 0.6 is 0 Å². The van der Waals surface area contributed by atoms with Crippen LogP contribution in [0.1, 0.15) is 46.0 Å². The lowest BCUT2D eigenvalue weighted by atomic mass is 10.2. The van der Waals surface area contributed by atoms with E-state index in [9.17, 15) is 9.59 Å². The lowest BCUT2D eigenvalue weighted by Crippen LogP contribution is -2.34. The highest BCUT2D eigenvalue weighted by Gasteiger charge is 2.00. The van der Waals surface area contributed by atoms with Gasteiger partial charge in [-0.2, -0.15) is 0 Å². The average molecular weight is 214 g/mol. The zero-order chi connectivity index (χ0) is 11.5. The van der Waals surface area contributed by atoms with E-state index in [1.54, 1.807) is 6.92 Å². The van der Waals surface area contributed by atoms with Gasteiger partial charge in [-0.25, -0.2) is 0 Å². The van der Waals surface area contributed by atoms with Crippen LogP contribution in [0.4, 0.5) is 0 Å². The molecule has 4 heteroatoms. The molecule has 0 radical (unpaired) electrons.